The Kier molecular flexibility index (Phi) is 3.67. The van der Waals surface area contributed by atoms with Crippen molar-refractivity contribution in [2.45, 2.75) is 6.54 Å². The third kappa shape index (κ3) is 3.01. The molecule has 4 nitrogen and oxygen atoms in total. The lowest BCUT2D eigenvalue weighted by atomic mass is 10.1. The summed E-state index contributed by atoms with van der Waals surface area (Å²) in [5.74, 6) is 0.618. The number of pyridine rings is 1. The van der Waals surface area contributed by atoms with Crippen LogP contribution >= 0.6 is 0 Å². The van der Waals surface area contributed by atoms with Crippen LogP contribution in [0, 0.1) is 0 Å². The van der Waals surface area contributed by atoms with Gasteiger partial charge >= 0.3 is 0 Å². The zero-order chi connectivity index (χ0) is 12.1. The van der Waals surface area contributed by atoms with Gasteiger partial charge in [0.25, 0.3) is 0 Å². The molecular weight excluding hydrogens is 212 g/mol. The average Bonchev–Trinajstić information content (AvgIpc) is 2.38. The Balaban J connectivity index is 2.04. The van der Waals surface area contributed by atoms with E-state index in [-0.39, 0.29) is 0 Å². The number of aromatic nitrogens is 1. The maximum atomic E-state index is 5.61. The molecule has 1 aromatic carbocycles. The van der Waals surface area contributed by atoms with Gasteiger partial charge in [0.15, 0.2) is 0 Å². The van der Waals surface area contributed by atoms with Crippen LogP contribution in [0.1, 0.15) is 5.56 Å². The third-order valence-electron chi connectivity index (χ3n) is 2.59. The first-order valence-corrected chi connectivity index (χ1v) is 5.55. The smallest absolute Gasteiger partial charge is 0.107 e. The van der Waals surface area contributed by atoms with Gasteiger partial charge in [-0.05, 0) is 23.8 Å². The number of nitrogens with zero attached hydrogens (tertiary/aromatic N) is 2. The fraction of sp³-hybridized carbons (Fsp3) is 0.231. The van der Waals surface area contributed by atoms with Crippen molar-refractivity contribution in [1.29, 1.82) is 0 Å². The van der Waals surface area contributed by atoms with Gasteiger partial charge in [-0.25, -0.2) is 0 Å². The van der Waals surface area contributed by atoms with Gasteiger partial charge in [0, 0.05) is 25.2 Å². The van der Waals surface area contributed by atoms with Gasteiger partial charge in [-0.3, -0.25) is 9.98 Å². The summed E-state index contributed by atoms with van der Waals surface area (Å²) in [6.07, 6.45) is 1.80. The fourth-order valence-corrected chi connectivity index (χ4v) is 1.65. The highest BCUT2D eigenvalue weighted by molar-refractivity contribution is 5.82. The summed E-state index contributed by atoms with van der Waals surface area (Å²) in [4.78, 5) is 8.18. The average molecular weight is 228 g/mol. The summed E-state index contributed by atoms with van der Waals surface area (Å²) in [6.45, 7) is 1.39. The highest BCUT2D eigenvalue weighted by Crippen LogP contribution is 2.12. The molecule has 0 radical (unpaired) electrons. The molecule has 3 N–H and O–H groups in total. The van der Waals surface area contributed by atoms with Gasteiger partial charge in [0.05, 0.1) is 12.1 Å². The molecule has 2 aromatic rings. The van der Waals surface area contributed by atoms with Gasteiger partial charge < -0.3 is 11.1 Å². The number of nitrogens with two attached hydrogens (primary N) is 1. The van der Waals surface area contributed by atoms with Gasteiger partial charge in [-0.2, -0.15) is 0 Å². The fourth-order valence-electron chi connectivity index (χ4n) is 1.65. The molecule has 0 atom stereocenters. The van der Waals surface area contributed by atoms with Crippen LogP contribution in [0.3, 0.4) is 0 Å². The van der Waals surface area contributed by atoms with Gasteiger partial charge in [-0.15, -0.1) is 0 Å². The zero-order valence-electron chi connectivity index (χ0n) is 9.85. The Bertz CT molecular complexity index is 534. The molecule has 4 heteroatoms. The molecule has 0 amide bonds. The molecule has 0 bridgehead atoms. The first-order chi connectivity index (χ1) is 8.29. The predicted octanol–water partition coefficient (Wildman–Crippen LogP) is 1.31. The van der Waals surface area contributed by atoms with Crippen LogP contribution in [0.2, 0.25) is 0 Å². The first kappa shape index (κ1) is 11.5. The molecule has 0 saturated carbocycles. The second-order valence-corrected chi connectivity index (χ2v) is 3.85. The molecule has 1 heterocycles. The molecule has 0 aliphatic rings. The van der Waals surface area contributed by atoms with Gasteiger partial charge in [0.1, 0.15) is 5.84 Å². The van der Waals surface area contributed by atoms with Crippen molar-refractivity contribution in [3.8, 4) is 0 Å². The SMILES string of the molecule is CN=C(N)CNCc1ccc2ncccc2c1. The molecule has 0 fully saturated rings. The van der Waals surface area contributed by atoms with Crippen LogP contribution < -0.4 is 11.1 Å². The minimum absolute atomic E-state index is 0.613. The van der Waals surface area contributed by atoms with E-state index in [1.807, 2.05) is 12.1 Å². The number of amidine groups is 1. The number of rotatable bonds is 4. The first-order valence-electron chi connectivity index (χ1n) is 5.55. The molecule has 0 aliphatic heterocycles. The Labute approximate surface area is 101 Å². The number of hydrogen-bond donors (Lipinski definition) is 2. The van der Waals surface area contributed by atoms with E-state index in [4.69, 9.17) is 5.73 Å². The second kappa shape index (κ2) is 5.41. The largest absolute Gasteiger partial charge is 0.386 e. The summed E-state index contributed by atoms with van der Waals surface area (Å²) >= 11 is 0. The van der Waals surface area contributed by atoms with Crippen molar-refractivity contribution in [3.63, 3.8) is 0 Å². The van der Waals surface area contributed by atoms with E-state index >= 15 is 0 Å². The summed E-state index contributed by atoms with van der Waals surface area (Å²) < 4.78 is 0. The Morgan fingerprint density at radius 3 is 3.12 bits per heavy atom. The van der Waals surface area contributed by atoms with Crippen molar-refractivity contribution in [3.05, 3.63) is 42.1 Å². The lowest BCUT2D eigenvalue weighted by Gasteiger charge is -2.05. The summed E-state index contributed by atoms with van der Waals surface area (Å²) in [5, 5.41) is 4.40. The van der Waals surface area contributed by atoms with Crippen LogP contribution in [-0.2, 0) is 6.54 Å². The number of hydrogen-bond acceptors (Lipinski definition) is 3. The highest BCUT2D eigenvalue weighted by Gasteiger charge is 1.97. The van der Waals surface area contributed by atoms with Gasteiger partial charge in [0.2, 0.25) is 0 Å². The molecule has 17 heavy (non-hydrogen) atoms. The molecule has 0 spiro atoms. The Morgan fingerprint density at radius 2 is 2.29 bits per heavy atom. The summed E-state index contributed by atoms with van der Waals surface area (Å²) in [6, 6.07) is 10.2. The van der Waals surface area contributed by atoms with Crippen LogP contribution in [0.4, 0.5) is 0 Å². The van der Waals surface area contributed by atoms with E-state index in [9.17, 15) is 0 Å². The van der Waals surface area contributed by atoms with Crippen molar-refractivity contribution >= 4 is 16.7 Å². The normalized spacial score (nSPS) is 11.9. The molecule has 0 unspecified atom stereocenters. The predicted molar refractivity (Wildman–Crippen MR) is 71.0 cm³/mol. The molecule has 1 aromatic heterocycles. The maximum absolute atomic E-state index is 5.61. The minimum Gasteiger partial charge on any atom is -0.386 e. The van der Waals surface area contributed by atoms with Crippen LogP contribution in [-0.4, -0.2) is 24.4 Å². The highest BCUT2D eigenvalue weighted by atomic mass is 14.9. The number of fused-ring (bicyclic) bond motifs is 1. The van der Waals surface area contributed by atoms with Crippen molar-refractivity contribution in [2.24, 2.45) is 10.7 Å². The van der Waals surface area contributed by atoms with E-state index in [0.29, 0.717) is 12.4 Å². The van der Waals surface area contributed by atoms with Crippen molar-refractivity contribution in [2.75, 3.05) is 13.6 Å². The Hall–Kier alpha value is -1.94. The van der Waals surface area contributed by atoms with E-state index in [0.717, 1.165) is 17.4 Å². The van der Waals surface area contributed by atoms with Crippen LogP contribution in [0.25, 0.3) is 10.9 Å². The Morgan fingerprint density at radius 1 is 1.41 bits per heavy atom. The van der Waals surface area contributed by atoms with E-state index in [2.05, 4.69) is 33.5 Å². The summed E-state index contributed by atoms with van der Waals surface area (Å²) in [5.41, 5.74) is 7.84. The molecular formula is C13H16N4. The van der Waals surface area contributed by atoms with Crippen LogP contribution in [0.15, 0.2) is 41.5 Å². The monoisotopic (exact) mass is 228 g/mol. The molecule has 0 aliphatic carbocycles. The molecule has 0 saturated heterocycles. The van der Waals surface area contributed by atoms with E-state index in [1.165, 1.54) is 5.56 Å². The van der Waals surface area contributed by atoms with E-state index in [1.54, 1.807) is 13.2 Å². The maximum Gasteiger partial charge on any atom is 0.107 e. The lowest BCUT2D eigenvalue weighted by Crippen LogP contribution is -2.28. The zero-order valence-corrected chi connectivity index (χ0v) is 9.85. The quantitative estimate of drug-likeness (QED) is 0.612. The van der Waals surface area contributed by atoms with Crippen LogP contribution in [0.5, 0.6) is 0 Å². The third-order valence-corrected chi connectivity index (χ3v) is 2.59. The molecule has 88 valence electrons. The minimum atomic E-state index is 0.613. The van der Waals surface area contributed by atoms with Crippen molar-refractivity contribution < 1.29 is 0 Å². The molecule has 2 rings (SSSR count). The second-order valence-electron chi connectivity index (χ2n) is 3.85. The standard InChI is InChI=1S/C13H16N4/c1-15-13(14)9-16-8-10-4-5-12-11(7-10)3-2-6-17-12/h2-7,16H,8-9H2,1H3,(H2,14,15). The van der Waals surface area contributed by atoms with Crippen molar-refractivity contribution in [1.82, 2.24) is 10.3 Å². The number of nitrogens with one attached hydrogen (secondary N) is 1. The number of aliphatic imine (C=N–C) groups is 1. The van der Waals surface area contributed by atoms with Gasteiger partial charge in [-0.1, -0.05) is 12.1 Å². The topological polar surface area (TPSA) is 63.3 Å². The summed E-state index contributed by atoms with van der Waals surface area (Å²) in [7, 11) is 1.69. The lowest BCUT2D eigenvalue weighted by molar-refractivity contribution is 0.773. The number of benzene rings is 1. The van der Waals surface area contributed by atoms with E-state index < -0.39 is 0 Å².